The highest BCUT2D eigenvalue weighted by atomic mass is 19.1. The molecule has 1 atom stereocenters. The Kier molecular flexibility index (Phi) is 10.0. The molecule has 6 heteroatoms. The van der Waals surface area contributed by atoms with Gasteiger partial charge < -0.3 is 4.90 Å². The normalized spacial score (nSPS) is 12.1. The lowest BCUT2D eigenvalue weighted by atomic mass is 10.1. The van der Waals surface area contributed by atoms with Crippen molar-refractivity contribution in [1.82, 2.24) is 14.5 Å². The summed E-state index contributed by atoms with van der Waals surface area (Å²) in [4.78, 5) is 33.9. The van der Waals surface area contributed by atoms with Gasteiger partial charge in [0, 0.05) is 13.0 Å². The van der Waals surface area contributed by atoms with Crippen molar-refractivity contribution in [3.8, 4) is 5.69 Å². The number of hydrogen-bond donors (Lipinski definition) is 0. The highest BCUT2D eigenvalue weighted by Gasteiger charge is 2.28. The largest absolute Gasteiger partial charge is 0.333 e. The van der Waals surface area contributed by atoms with Gasteiger partial charge in [0.05, 0.1) is 22.6 Å². The first-order valence-electron chi connectivity index (χ1n) is 13.1. The maximum absolute atomic E-state index is 13.7. The number of para-hydroxylation sites is 1. The SMILES string of the molecule is CCCCCCCC(=O)N(CCCC)C(CC)c1nc2ccccc2c(=O)n1-c1ccc(F)cc1. The second-order valence-electron chi connectivity index (χ2n) is 9.13. The summed E-state index contributed by atoms with van der Waals surface area (Å²) in [5.74, 6) is 0.264. The van der Waals surface area contributed by atoms with E-state index in [1.165, 1.54) is 25.0 Å². The van der Waals surface area contributed by atoms with Crippen LogP contribution in [0.3, 0.4) is 0 Å². The van der Waals surface area contributed by atoms with Gasteiger partial charge in [0.1, 0.15) is 11.6 Å². The van der Waals surface area contributed by atoms with Gasteiger partial charge in [-0.2, -0.15) is 0 Å². The average molecular weight is 480 g/mol. The molecular weight excluding hydrogens is 441 g/mol. The molecule has 1 heterocycles. The summed E-state index contributed by atoms with van der Waals surface area (Å²) in [5.41, 5.74) is 0.940. The van der Waals surface area contributed by atoms with E-state index in [1.807, 2.05) is 30.0 Å². The summed E-state index contributed by atoms with van der Waals surface area (Å²) in [5, 5.41) is 0.498. The Hall–Kier alpha value is -3.02. The van der Waals surface area contributed by atoms with Crippen LogP contribution < -0.4 is 5.56 Å². The number of carbonyl (C=O) groups is 1. The van der Waals surface area contributed by atoms with Crippen LogP contribution >= 0.6 is 0 Å². The molecule has 0 aliphatic heterocycles. The van der Waals surface area contributed by atoms with E-state index in [-0.39, 0.29) is 23.3 Å². The topological polar surface area (TPSA) is 55.2 Å². The van der Waals surface area contributed by atoms with Crippen molar-refractivity contribution in [3.63, 3.8) is 0 Å². The number of fused-ring (bicyclic) bond motifs is 1. The van der Waals surface area contributed by atoms with Crippen molar-refractivity contribution < 1.29 is 9.18 Å². The van der Waals surface area contributed by atoms with Crippen molar-refractivity contribution in [2.45, 2.75) is 84.6 Å². The number of unbranched alkanes of at least 4 members (excludes halogenated alkanes) is 5. The van der Waals surface area contributed by atoms with Gasteiger partial charge in [0.25, 0.3) is 5.56 Å². The fourth-order valence-corrected chi connectivity index (χ4v) is 4.56. The second kappa shape index (κ2) is 13.2. The zero-order chi connectivity index (χ0) is 25.2. The molecule has 5 nitrogen and oxygen atoms in total. The molecule has 0 bridgehead atoms. The third-order valence-corrected chi connectivity index (χ3v) is 6.51. The molecule has 0 saturated carbocycles. The Morgan fingerprint density at radius 1 is 0.943 bits per heavy atom. The van der Waals surface area contributed by atoms with Crippen molar-refractivity contribution in [2.24, 2.45) is 0 Å². The summed E-state index contributed by atoms with van der Waals surface area (Å²) >= 11 is 0. The Morgan fingerprint density at radius 3 is 2.31 bits per heavy atom. The maximum Gasteiger partial charge on any atom is 0.266 e. The van der Waals surface area contributed by atoms with Gasteiger partial charge in [-0.05, 0) is 55.7 Å². The minimum Gasteiger partial charge on any atom is -0.333 e. The van der Waals surface area contributed by atoms with E-state index in [0.29, 0.717) is 41.8 Å². The molecule has 3 aromatic rings. The van der Waals surface area contributed by atoms with Gasteiger partial charge >= 0.3 is 0 Å². The van der Waals surface area contributed by atoms with Crippen LogP contribution in [0.25, 0.3) is 16.6 Å². The zero-order valence-corrected chi connectivity index (χ0v) is 21.3. The Labute approximate surface area is 208 Å². The van der Waals surface area contributed by atoms with E-state index >= 15 is 0 Å². The fourth-order valence-electron chi connectivity index (χ4n) is 4.56. The van der Waals surface area contributed by atoms with E-state index in [4.69, 9.17) is 4.98 Å². The summed E-state index contributed by atoms with van der Waals surface area (Å²) in [7, 11) is 0. The van der Waals surface area contributed by atoms with Crippen LogP contribution in [0.15, 0.2) is 53.3 Å². The maximum atomic E-state index is 13.7. The number of rotatable bonds is 13. The molecule has 0 N–H and O–H groups in total. The summed E-state index contributed by atoms with van der Waals surface area (Å²) in [6, 6.07) is 12.8. The molecular formula is C29H38FN3O2. The fraction of sp³-hybridized carbons (Fsp3) is 0.483. The van der Waals surface area contributed by atoms with Crippen LogP contribution in [-0.4, -0.2) is 26.9 Å². The van der Waals surface area contributed by atoms with E-state index in [1.54, 1.807) is 22.8 Å². The molecule has 0 fully saturated rings. The standard InChI is InChI=1S/C29H38FN3O2/c1-4-7-9-10-11-16-27(34)32(21-8-5-2)26(6-3)28-31-25-15-13-12-14-24(25)29(35)33(28)23-19-17-22(30)18-20-23/h12-15,17-20,26H,4-11,16,21H2,1-3H3. The van der Waals surface area contributed by atoms with Crippen molar-refractivity contribution in [3.05, 3.63) is 70.5 Å². The number of amides is 1. The Bertz CT molecular complexity index is 1160. The van der Waals surface area contributed by atoms with E-state index in [9.17, 15) is 14.0 Å². The highest BCUT2D eigenvalue weighted by molar-refractivity contribution is 5.79. The summed E-state index contributed by atoms with van der Waals surface area (Å²) in [6.07, 6.45) is 8.39. The molecule has 2 aromatic carbocycles. The molecule has 1 aromatic heterocycles. The van der Waals surface area contributed by atoms with E-state index in [0.717, 1.165) is 32.1 Å². The lowest BCUT2D eigenvalue weighted by molar-refractivity contribution is -0.134. The molecule has 0 aliphatic carbocycles. The van der Waals surface area contributed by atoms with Crippen molar-refractivity contribution >= 4 is 16.8 Å². The molecule has 35 heavy (non-hydrogen) atoms. The number of hydrogen-bond acceptors (Lipinski definition) is 3. The lowest BCUT2D eigenvalue weighted by Crippen LogP contribution is -2.39. The molecule has 3 rings (SSSR count). The predicted molar refractivity (Wildman–Crippen MR) is 140 cm³/mol. The quantitative estimate of drug-likeness (QED) is 0.249. The van der Waals surface area contributed by atoms with Crippen LogP contribution in [0, 0.1) is 5.82 Å². The minimum absolute atomic E-state index is 0.106. The van der Waals surface area contributed by atoms with Crippen LogP contribution in [-0.2, 0) is 4.79 Å². The smallest absolute Gasteiger partial charge is 0.266 e. The van der Waals surface area contributed by atoms with E-state index in [2.05, 4.69) is 13.8 Å². The summed E-state index contributed by atoms with van der Waals surface area (Å²) in [6.45, 7) is 6.93. The third-order valence-electron chi connectivity index (χ3n) is 6.51. The van der Waals surface area contributed by atoms with E-state index < -0.39 is 0 Å². The van der Waals surface area contributed by atoms with Gasteiger partial charge in [-0.3, -0.25) is 14.2 Å². The monoisotopic (exact) mass is 479 g/mol. The molecule has 0 aliphatic rings. The van der Waals surface area contributed by atoms with Crippen LogP contribution in [0.5, 0.6) is 0 Å². The number of nitrogens with zero attached hydrogens (tertiary/aromatic N) is 3. The minimum atomic E-state index is -0.369. The third kappa shape index (κ3) is 6.56. The molecule has 0 radical (unpaired) electrons. The van der Waals surface area contributed by atoms with Crippen LogP contribution in [0.2, 0.25) is 0 Å². The Morgan fingerprint density at radius 2 is 1.63 bits per heavy atom. The molecule has 1 unspecified atom stereocenters. The Balaban J connectivity index is 2.07. The number of aromatic nitrogens is 2. The van der Waals surface area contributed by atoms with Gasteiger partial charge in [-0.25, -0.2) is 9.37 Å². The molecule has 1 amide bonds. The van der Waals surface area contributed by atoms with Crippen LogP contribution in [0.4, 0.5) is 4.39 Å². The molecule has 0 spiro atoms. The number of benzene rings is 2. The average Bonchev–Trinajstić information content (AvgIpc) is 2.87. The zero-order valence-electron chi connectivity index (χ0n) is 21.3. The van der Waals surface area contributed by atoms with Crippen molar-refractivity contribution in [2.75, 3.05) is 6.54 Å². The summed E-state index contributed by atoms with van der Waals surface area (Å²) < 4.78 is 15.3. The van der Waals surface area contributed by atoms with Crippen LogP contribution in [0.1, 0.15) is 90.4 Å². The number of carbonyl (C=O) groups excluding carboxylic acids is 1. The van der Waals surface area contributed by atoms with Crippen molar-refractivity contribution in [1.29, 1.82) is 0 Å². The predicted octanol–water partition coefficient (Wildman–Crippen LogP) is 6.97. The first-order chi connectivity index (χ1) is 17.0. The molecule has 0 saturated heterocycles. The second-order valence-corrected chi connectivity index (χ2v) is 9.13. The first kappa shape index (κ1) is 26.6. The molecule has 188 valence electrons. The number of halogens is 1. The highest BCUT2D eigenvalue weighted by Crippen LogP contribution is 2.27. The first-order valence-corrected chi connectivity index (χ1v) is 13.1. The van der Waals surface area contributed by atoms with Gasteiger partial charge in [0.2, 0.25) is 5.91 Å². The lowest BCUT2D eigenvalue weighted by Gasteiger charge is -2.32. The van der Waals surface area contributed by atoms with Gasteiger partial charge in [-0.1, -0.05) is 65.0 Å². The van der Waals surface area contributed by atoms with Gasteiger partial charge in [-0.15, -0.1) is 0 Å². The van der Waals surface area contributed by atoms with Gasteiger partial charge in [0.15, 0.2) is 0 Å².